The Morgan fingerprint density at radius 1 is 1.00 bits per heavy atom. The van der Waals surface area contributed by atoms with Crippen molar-refractivity contribution in [2.45, 2.75) is 19.4 Å². The van der Waals surface area contributed by atoms with Gasteiger partial charge >= 0.3 is 0 Å². The zero-order valence-corrected chi connectivity index (χ0v) is 11.0. The molecule has 2 heteroatoms. The molecule has 3 rings (SSSR count). The summed E-state index contributed by atoms with van der Waals surface area (Å²) in [6.07, 6.45) is 2.71. The van der Waals surface area contributed by atoms with Crippen LogP contribution < -0.4 is 5.32 Å². The largest absolute Gasteiger partial charge is 0.467 e. The van der Waals surface area contributed by atoms with Crippen molar-refractivity contribution in [3.8, 4) is 0 Å². The van der Waals surface area contributed by atoms with E-state index in [4.69, 9.17) is 4.42 Å². The van der Waals surface area contributed by atoms with E-state index in [9.17, 15) is 0 Å². The molecule has 1 heterocycles. The molecule has 0 spiro atoms. The summed E-state index contributed by atoms with van der Waals surface area (Å²) in [4.78, 5) is 0. The van der Waals surface area contributed by atoms with Crippen LogP contribution in [0.25, 0.3) is 10.8 Å². The lowest BCUT2D eigenvalue weighted by Crippen LogP contribution is -2.08. The Hall–Kier alpha value is -2.22. The second-order valence-corrected chi connectivity index (χ2v) is 4.65. The number of rotatable bonds is 4. The van der Waals surface area contributed by atoms with Gasteiger partial charge in [-0.2, -0.15) is 0 Å². The number of anilines is 1. The molecule has 0 fully saturated rings. The zero-order chi connectivity index (χ0) is 13.1. The van der Waals surface area contributed by atoms with Crippen LogP contribution in [0.4, 0.5) is 5.69 Å². The Morgan fingerprint density at radius 2 is 1.84 bits per heavy atom. The smallest absolute Gasteiger partial charge is 0.125 e. The van der Waals surface area contributed by atoms with Gasteiger partial charge in [0.25, 0.3) is 0 Å². The number of hydrogen-bond donors (Lipinski definition) is 1. The van der Waals surface area contributed by atoms with Gasteiger partial charge in [0.15, 0.2) is 0 Å². The van der Waals surface area contributed by atoms with Gasteiger partial charge in [0.2, 0.25) is 0 Å². The summed E-state index contributed by atoms with van der Waals surface area (Å²) < 4.78 is 5.51. The van der Waals surface area contributed by atoms with Crippen molar-refractivity contribution in [3.05, 3.63) is 66.6 Å². The maximum atomic E-state index is 5.51. The third-order valence-corrected chi connectivity index (χ3v) is 3.41. The third kappa shape index (κ3) is 2.34. The average molecular weight is 251 g/mol. The molecule has 0 saturated heterocycles. The van der Waals surface area contributed by atoms with Crippen LogP contribution in [0.1, 0.15) is 25.1 Å². The lowest BCUT2D eigenvalue weighted by molar-refractivity contribution is 0.474. The second kappa shape index (κ2) is 5.19. The molecule has 3 aromatic rings. The van der Waals surface area contributed by atoms with Gasteiger partial charge in [-0.25, -0.2) is 0 Å². The van der Waals surface area contributed by atoms with E-state index in [1.54, 1.807) is 6.26 Å². The lowest BCUT2D eigenvalue weighted by Gasteiger charge is -2.17. The molecule has 0 bridgehead atoms. The molecule has 1 unspecified atom stereocenters. The molecular weight excluding hydrogens is 234 g/mol. The van der Waals surface area contributed by atoms with E-state index < -0.39 is 0 Å². The molecule has 1 atom stereocenters. The van der Waals surface area contributed by atoms with Crippen molar-refractivity contribution >= 4 is 16.5 Å². The molecule has 96 valence electrons. The van der Waals surface area contributed by atoms with Gasteiger partial charge in [0.1, 0.15) is 5.76 Å². The SMILES string of the molecule is CCC(Nc1cccc2ccccc12)c1ccco1. The van der Waals surface area contributed by atoms with Gasteiger partial charge in [0.05, 0.1) is 12.3 Å². The Bertz CT molecular complexity index is 653. The fourth-order valence-electron chi connectivity index (χ4n) is 2.40. The minimum absolute atomic E-state index is 0.209. The highest BCUT2D eigenvalue weighted by Crippen LogP contribution is 2.28. The Morgan fingerprint density at radius 3 is 2.63 bits per heavy atom. The van der Waals surface area contributed by atoms with E-state index in [0.717, 1.165) is 17.9 Å². The third-order valence-electron chi connectivity index (χ3n) is 3.41. The average Bonchev–Trinajstić information content (AvgIpc) is 2.99. The molecule has 0 aliphatic heterocycles. The van der Waals surface area contributed by atoms with Crippen LogP contribution in [-0.2, 0) is 0 Å². The highest BCUT2D eigenvalue weighted by Gasteiger charge is 2.12. The van der Waals surface area contributed by atoms with Crippen molar-refractivity contribution < 1.29 is 4.42 Å². The van der Waals surface area contributed by atoms with E-state index >= 15 is 0 Å². The van der Waals surface area contributed by atoms with Crippen molar-refractivity contribution in [1.29, 1.82) is 0 Å². The molecule has 0 aliphatic rings. The first-order valence-electron chi connectivity index (χ1n) is 6.66. The summed E-state index contributed by atoms with van der Waals surface area (Å²) in [5.74, 6) is 0.982. The predicted molar refractivity (Wildman–Crippen MR) is 79.3 cm³/mol. The molecule has 0 aliphatic carbocycles. The summed E-state index contributed by atoms with van der Waals surface area (Å²) in [5.41, 5.74) is 1.15. The Labute approximate surface area is 113 Å². The monoisotopic (exact) mass is 251 g/mol. The van der Waals surface area contributed by atoms with Gasteiger partial charge in [-0.15, -0.1) is 0 Å². The fraction of sp³-hybridized carbons (Fsp3) is 0.176. The number of benzene rings is 2. The van der Waals surface area contributed by atoms with Crippen LogP contribution in [0, 0.1) is 0 Å². The highest BCUT2D eigenvalue weighted by molar-refractivity contribution is 5.93. The maximum absolute atomic E-state index is 5.51. The molecule has 1 N–H and O–H groups in total. The molecule has 19 heavy (non-hydrogen) atoms. The van der Waals surface area contributed by atoms with E-state index in [1.165, 1.54) is 10.8 Å². The van der Waals surface area contributed by atoms with Gasteiger partial charge < -0.3 is 9.73 Å². The van der Waals surface area contributed by atoms with Crippen LogP contribution >= 0.6 is 0 Å². The van der Waals surface area contributed by atoms with E-state index in [-0.39, 0.29) is 6.04 Å². The molecule has 1 aromatic heterocycles. The lowest BCUT2D eigenvalue weighted by atomic mass is 10.1. The number of hydrogen-bond acceptors (Lipinski definition) is 2. The molecule has 2 nitrogen and oxygen atoms in total. The molecule has 0 radical (unpaired) electrons. The van der Waals surface area contributed by atoms with Gasteiger partial charge in [-0.3, -0.25) is 0 Å². The number of furan rings is 1. The molecular formula is C17H17NO. The van der Waals surface area contributed by atoms with Gasteiger partial charge in [-0.1, -0.05) is 43.3 Å². The normalized spacial score (nSPS) is 12.5. The first-order valence-corrected chi connectivity index (χ1v) is 6.66. The van der Waals surface area contributed by atoms with Crippen molar-refractivity contribution in [2.24, 2.45) is 0 Å². The first kappa shape index (κ1) is 11.8. The first-order chi connectivity index (χ1) is 9.38. The highest BCUT2D eigenvalue weighted by atomic mass is 16.3. The standard InChI is InChI=1S/C17H17NO/c1-2-15(17-11-6-12-19-17)18-16-10-5-8-13-7-3-4-9-14(13)16/h3-12,15,18H,2H2,1H3. The Kier molecular flexibility index (Phi) is 3.23. The molecule has 0 saturated carbocycles. The number of nitrogens with one attached hydrogen (secondary N) is 1. The van der Waals surface area contributed by atoms with Gasteiger partial charge in [0, 0.05) is 11.1 Å². The van der Waals surface area contributed by atoms with Crippen LogP contribution in [0.2, 0.25) is 0 Å². The summed E-state index contributed by atoms with van der Waals surface area (Å²) in [5, 5.41) is 6.08. The van der Waals surface area contributed by atoms with Crippen molar-refractivity contribution in [2.75, 3.05) is 5.32 Å². The van der Waals surface area contributed by atoms with Crippen molar-refractivity contribution in [1.82, 2.24) is 0 Å². The number of fused-ring (bicyclic) bond motifs is 1. The summed E-state index contributed by atoms with van der Waals surface area (Å²) >= 11 is 0. The summed E-state index contributed by atoms with van der Waals surface area (Å²) in [6.45, 7) is 2.16. The Balaban J connectivity index is 1.96. The fourth-order valence-corrected chi connectivity index (χ4v) is 2.40. The summed E-state index contributed by atoms with van der Waals surface area (Å²) in [7, 11) is 0. The topological polar surface area (TPSA) is 25.2 Å². The van der Waals surface area contributed by atoms with Crippen LogP contribution in [0.5, 0.6) is 0 Å². The minimum atomic E-state index is 0.209. The molecule has 2 aromatic carbocycles. The van der Waals surface area contributed by atoms with E-state index in [2.05, 4.69) is 54.7 Å². The van der Waals surface area contributed by atoms with Crippen LogP contribution in [0.15, 0.2) is 65.3 Å². The second-order valence-electron chi connectivity index (χ2n) is 4.65. The summed E-state index contributed by atoms with van der Waals surface area (Å²) in [6, 6.07) is 18.9. The quantitative estimate of drug-likeness (QED) is 0.706. The predicted octanol–water partition coefficient (Wildman–Crippen LogP) is 5.00. The van der Waals surface area contributed by atoms with Crippen molar-refractivity contribution in [3.63, 3.8) is 0 Å². The van der Waals surface area contributed by atoms with E-state index in [0.29, 0.717) is 0 Å². The minimum Gasteiger partial charge on any atom is -0.467 e. The maximum Gasteiger partial charge on any atom is 0.125 e. The van der Waals surface area contributed by atoms with Crippen LogP contribution in [0.3, 0.4) is 0 Å². The zero-order valence-electron chi connectivity index (χ0n) is 11.0. The van der Waals surface area contributed by atoms with Gasteiger partial charge in [-0.05, 0) is 30.0 Å². The van der Waals surface area contributed by atoms with E-state index in [1.807, 2.05) is 12.1 Å². The molecule has 0 amide bonds. The van der Waals surface area contributed by atoms with Crippen LogP contribution in [-0.4, -0.2) is 0 Å².